The molecule has 0 bridgehead atoms. The van der Waals surface area contributed by atoms with Crippen LogP contribution < -0.4 is 0 Å². The van der Waals surface area contributed by atoms with Gasteiger partial charge in [0.1, 0.15) is 0 Å². The van der Waals surface area contributed by atoms with Crippen molar-refractivity contribution < 1.29 is 13.3 Å². The first-order valence-electron chi connectivity index (χ1n) is 9.27. The van der Waals surface area contributed by atoms with Crippen LogP contribution in [0.3, 0.4) is 0 Å². The van der Waals surface area contributed by atoms with Crippen molar-refractivity contribution in [3.05, 3.63) is 65.2 Å². The summed E-state index contributed by atoms with van der Waals surface area (Å²) in [6.45, 7) is 6.94. The van der Waals surface area contributed by atoms with Crippen LogP contribution in [0.15, 0.2) is 58.6 Å². The quantitative estimate of drug-likeness (QED) is 0.810. The van der Waals surface area contributed by atoms with Crippen molar-refractivity contribution in [2.45, 2.75) is 37.7 Å². The van der Waals surface area contributed by atoms with Crippen molar-refractivity contribution in [3.63, 3.8) is 0 Å². The van der Waals surface area contributed by atoms with Crippen LogP contribution in [0.5, 0.6) is 0 Å². The van der Waals surface area contributed by atoms with Gasteiger partial charge in [0.05, 0.1) is 23.1 Å². The van der Waals surface area contributed by atoms with Crippen LogP contribution in [0.1, 0.15) is 36.5 Å². The standard InChI is InChI=1S/C21H24N2O3S/c1-14(2)16-8-10-17(11-9-16)27(24,25)23-12-19-20(13-23)26-22-21(19)18-7-5-4-6-15(18)3/h4-11,14,19-20H,12-13H2,1-3H3. The average molecular weight is 385 g/mol. The number of hydrogen-bond acceptors (Lipinski definition) is 4. The zero-order valence-corrected chi connectivity index (χ0v) is 16.6. The van der Waals surface area contributed by atoms with E-state index in [1.165, 1.54) is 4.31 Å². The van der Waals surface area contributed by atoms with Crippen molar-refractivity contribution in [1.29, 1.82) is 0 Å². The van der Waals surface area contributed by atoms with E-state index in [2.05, 4.69) is 19.0 Å². The van der Waals surface area contributed by atoms with Gasteiger partial charge in [0.15, 0.2) is 6.10 Å². The molecular weight excluding hydrogens is 360 g/mol. The molecule has 2 aromatic rings. The molecule has 2 aromatic carbocycles. The van der Waals surface area contributed by atoms with Crippen LogP contribution in [-0.4, -0.2) is 37.6 Å². The summed E-state index contributed by atoms with van der Waals surface area (Å²) in [4.78, 5) is 5.93. The van der Waals surface area contributed by atoms with E-state index >= 15 is 0 Å². The number of hydrogen-bond donors (Lipinski definition) is 0. The summed E-state index contributed by atoms with van der Waals surface area (Å²) in [5, 5.41) is 4.27. The fraction of sp³-hybridized carbons (Fsp3) is 0.381. The highest BCUT2D eigenvalue weighted by Crippen LogP contribution is 2.34. The first kappa shape index (κ1) is 18.2. The van der Waals surface area contributed by atoms with E-state index in [-0.39, 0.29) is 12.0 Å². The van der Waals surface area contributed by atoms with Gasteiger partial charge in [-0.3, -0.25) is 0 Å². The minimum Gasteiger partial charge on any atom is -0.390 e. The topological polar surface area (TPSA) is 59.0 Å². The van der Waals surface area contributed by atoms with Gasteiger partial charge < -0.3 is 4.84 Å². The van der Waals surface area contributed by atoms with E-state index < -0.39 is 10.0 Å². The molecular formula is C21H24N2O3S. The molecule has 0 aliphatic carbocycles. The van der Waals surface area contributed by atoms with Gasteiger partial charge in [-0.15, -0.1) is 0 Å². The maximum atomic E-state index is 13.1. The van der Waals surface area contributed by atoms with E-state index in [1.807, 2.05) is 43.3 Å². The van der Waals surface area contributed by atoms with E-state index in [1.54, 1.807) is 12.1 Å². The van der Waals surface area contributed by atoms with E-state index in [0.717, 1.165) is 22.4 Å². The Morgan fingerprint density at radius 3 is 2.44 bits per heavy atom. The summed E-state index contributed by atoms with van der Waals surface area (Å²) in [6, 6.07) is 15.2. The molecule has 1 fully saturated rings. The highest BCUT2D eigenvalue weighted by Gasteiger charge is 2.47. The van der Waals surface area contributed by atoms with E-state index in [9.17, 15) is 8.42 Å². The van der Waals surface area contributed by atoms with Crippen molar-refractivity contribution in [2.75, 3.05) is 13.1 Å². The molecule has 0 spiro atoms. The van der Waals surface area contributed by atoms with Crippen LogP contribution in [0.2, 0.25) is 0 Å². The van der Waals surface area contributed by atoms with Gasteiger partial charge in [0.25, 0.3) is 0 Å². The minimum atomic E-state index is -3.54. The first-order valence-corrected chi connectivity index (χ1v) is 10.7. The molecule has 0 aromatic heterocycles. The zero-order valence-electron chi connectivity index (χ0n) is 15.8. The summed E-state index contributed by atoms with van der Waals surface area (Å²) in [5.74, 6) is 0.338. The van der Waals surface area contributed by atoms with Gasteiger partial charge in [-0.05, 0) is 36.1 Å². The minimum absolute atomic E-state index is 0.0317. The summed E-state index contributed by atoms with van der Waals surface area (Å²) < 4.78 is 27.7. The highest BCUT2D eigenvalue weighted by molar-refractivity contribution is 7.89. The van der Waals surface area contributed by atoms with Gasteiger partial charge in [0.2, 0.25) is 10.0 Å². The second-order valence-electron chi connectivity index (χ2n) is 7.59. The molecule has 2 aliphatic heterocycles. The third-order valence-electron chi connectivity index (χ3n) is 5.48. The van der Waals surface area contributed by atoms with Crippen molar-refractivity contribution in [2.24, 2.45) is 11.1 Å². The van der Waals surface area contributed by atoms with Crippen LogP contribution in [0.25, 0.3) is 0 Å². The van der Waals surface area contributed by atoms with Gasteiger partial charge in [0, 0.05) is 12.1 Å². The number of nitrogens with zero attached hydrogens (tertiary/aromatic N) is 2. The maximum Gasteiger partial charge on any atom is 0.243 e. The number of aryl methyl sites for hydroxylation is 1. The van der Waals surface area contributed by atoms with Crippen LogP contribution in [0, 0.1) is 12.8 Å². The summed E-state index contributed by atoms with van der Waals surface area (Å²) in [7, 11) is -3.54. The molecule has 2 unspecified atom stereocenters. The first-order chi connectivity index (χ1) is 12.9. The van der Waals surface area contributed by atoms with Gasteiger partial charge >= 0.3 is 0 Å². The van der Waals surface area contributed by atoms with Crippen molar-refractivity contribution in [1.82, 2.24) is 4.31 Å². The Morgan fingerprint density at radius 2 is 1.78 bits per heavy atom. The number of fused-ring (bicyclic) bond motifs is 1. The molecule has 0 saturated carbocycles. The molecule has 27 heavy (non-hydrogen) atoms. The SMILES string of the molecule is Cc1ccccc1C1=NOC2CN(S(=O)(=O)c3ccc(C(C)C)cc3)CC12. The molecule has 5 nitrogen and oxygen atoms in total. The Morgan fingerprint density at radius 1 is 1.07 bits per heavy atom. The van der Waals surface area contributed by atoms with Crippen LogP contribution in [0.4, 0.5) is 0 Å². The number of sulfonamides is 1. The summed E-state index contributed by atoms with van der Waals surface area (Å²) in [5.41, 5.74) is 4.13. The predicted octanol–water partition coefficient (Wildman–Crippen LogP) is 3.54. The molecule has 2 heterocycles. The molecule has 0 radical (unpaired) electrons. The Kier molecular flexibility index (Phi) is 4.56. The fourth-order valence-electron chi connectivity index (χ4n) is 3.78. The molecule has 0 amide bonds. The summed E-state index contributed by atoms with van der Waals surface area (Å²) >= 11 is 0. The third-order valence-corrected chi connectivity index (χ3v) is 7.32. The smallest absolute Gasteiger partial charge is 0.243 e. The third kappa shape index (κ3) is 3.17. The molecule has 2 atom stereocenters. The van der Waals surface area contributed by atoms with Crippen molar-refractivity contribution >= 4 is 15.7 Å². The second-order valence-corrected chi connectivity index (χ2v) is 9.53. The number of rotatable bonds is 4. The Labute approximate surface area is 160 Å². The van der Waals surface area contributed by atoms with Crippen molar-refractivity contribution in [3.8, 4) is 0 Å². The van der Waals surface area contributed by atoms with E-state index in [4.69, 9.17) is 4.84 Å². The lowest BCUT2D eigenvalue weighted by Crippen LogP contribution is -2.30. The molecule has 6 heteroatoms. The van der Waals surface area contributed by atoms with Gasteiger partial charge in [-0.25, -0.2) is 8.42 Å². The van der Waals surface area contributed by atoms with E-state index in [0.29, 0.717) is 23.9 Å². The Balaban J connectivity index is 1.57. The van der Waals surface area contributed by atoms with Gasteiger partial charge in [-0.2, -0.15) is 4.31 Å². The van der Waals surface area contributed by atoms with Crippen LogP contribution in [-0.2, 0) is 14.9 Å². The fourth-order valence-corrected chi connectivity index (χ4v) is 5.26. The highest BCUT2D eigenvalue weighted by atomic mass is 32.2. The Hall–Kier alpha value is -2.18. The maximum absolute atomic E-state index is 13.1. The lowest BCUT2D eigenvalue weighted by atomic mass is 9.92. The number of benzene rings is 2. The Bertz CT molecular complexity index is 981. The normalized spacial score (nSPS) is 22.6. The monoisotopic (exact) mass is 384 g/mol. The average Bonchev–Trinajstić information content (AvgIpc) is 3.23. The molecule has 4 rings (SSSR count). The lowest BCUT2D eigenvalue weighted by Gasteiger charge is -2.17. The van der Waals surface area contributed by atoms with Gasteiger partial charge in [-0.1, -0.05) is 55.4 Å². The molecule has 1 saturated heterocycles. The molecule has 0 N–H and O–H groups in total. The van der Waals surface area contributed by atoms with Crippen LogP contribution >= 0.6 is 0 Å². The largest absolute Gasteiger partial charge is 0.390 e. The second kappa shape index (κ2) is 6.77. The summed E-state index contributed by atoms with van der Waals surface area (Å²) in [6.07, 6.45) is -0.218. The molecule has 2 aliphatic rings. The number of oxime groups is 1. The predicted molar refractivity (Wildman–Crippen MR) is 105 cm³/mol. The zero-order chi connectivity index (χ0) is 19.2. The lowest BCUT2D eigenvalue weighted by molar-refractivity contribution is 0.0803. The molecule has 142 valence electrons.